The first-order chi connectivity index (χ1) is 18.3. The van der Waals surface area contributed by atoms with Crippen LogP contribution in [0.4, 0.5) is 11.4 Å². The maximum Gasteiger partial charge on any atom is 0.295 e. The van der Waals surface area contributed by atoms with Gasteiger partial charge < -0.3 is 10.6 Å². The highest BCUT2D eigenvalue weighted by atomic mass is 79.9. The molecule has 0 bridgehead atoms. The van der Waals surface area contributed by atoms with Crippen LogP contribution in [0, 0.1) is 6.92 Å². The smallest absolute Gasteiger partial charge is 0.295 e. The Morgan fingerprint density at radius 2 is 1.76 bits per heavy atom. The minimum absolute atomic E-state index is 0.103. The second-order valence-corrected chi connectivity index (χ2v) is 11.6. The van der Waals surface area contributed by atoms with E-state index < -0.39 is 0 Å². The monoisotopic (exact) mass is 607 g/mol. The number of para-hydroxylation sites is 1. The van der Waals surface area contributed by atoms with Crippen LogP contribution in [-0.2, 0) is 11.8 Å². The van der Waals surface area contributed by atoms with Crippen molar-refractivity contribution in [2.45, 2.75) is 11.3 Å². The summed E-state index contributed by atoms with van der Waals surface area (Å²) in [6, 6.07) is 21.9. The van der Waals surface area contributed by atoms with Gasteiger partial charge in [0.1, 0.15) is 5.69 Å². The third-order valence-electron chi connectivity index (χ3n) is 5.88. The number of thioether (sulfide) groups is 1. The molecule has 2 N–H and O–H groups in total. The minimum Gasteiger partial charge on any atom is -0.322 e. The lowest BCUT2D eigenvalue weighted by Gasteiger charge is -2.07. The number of nitrogens with zero attached hydrogens (tertiary/aromatic N) is 3. The zero-order valence-corrected chi connectivity index (χ0v) is 23.6. The van der Waals surface area contributed by atoms with E-state index in [1.165, 1.54) is 27.8 Å². The second kappa shape index (κ2) is 11.0. The number of halogens is 1. The second-order valence-electron chi connectivity index (χ2n) is 8.40. The molecular weight excluding hydrogens is 586 g/mol. The molecule has 0 saturated carbocycles. The summed E-state index contributed by atoms with van der Waals surface area (Å²) < 4.78 is 5.77. The number of amides is 2. The van der Waals surface area contributed by atoms with Crippen LogP contribution in [0.25, 0.3) is 15.9 Å². The Morgan fingerprint density at radius 3 is 2.50 bits per heavy atom. The first-order valence-electron chi connectivity index (χ1n) is 11.5. The van der Waals surface area contributed by atoms with Crippen molar-refractivity contribution in [1.29, 1.82) is 0 Å². The number of thiazole rings is 1. The van der Waals surface area contributed by atoms with E-state index in [0.29, 0.717) is 16.9 Å². The van der Waals surface area contributed by atoms with Gasteiger partial charge in [-0.2, -0.15) is 0 Å². The summed E-state index contributed by atoms with van der Waals surface area (Å²) in [7, 11) is 1.78. The fraction of sp³-hybridized carbons (Fsp3) is 0.111. The van der Waals surface area contributed by atoms with Gasteiger partial charge in [-0.25, -0.2) is 9.67 Å². The number of anilines is 2. The Bertz CT molecular complexity index is 1710. The quantitative estimate of drug-likeness (QED) is 0.226. The van der Waals surface area contributed by atoms with Gasteiger partial charge in [0.05, 0.1) is 27.4 Å². The number of fused-ring (bicyclic) bond motifs is 1. The van der Waals surface area contributed by atoms with Gasteiger partial charge in [-0.05, 0) is 61.5 Å². The number of benzene rings is 3. The molecule has 11 heteroatoms. The Kier molecular flexibility index (Phi) is 7.50. The highest BCUT2D eigenvalue weighted by Gasteiger charge is 2.18. The molecule has 192 valence electrons. The normalized spacial score (nSPS) is 11.0. The largest absolute Gasteiger partial charge is 0.322 e. The number of rotatable bonds is 7. The van der Waals surface area contributed by atoms with Crippen LogP contribution < -0.4 is 16.2 Å². The molecule has 0 saturated heterocycles. The number of hydrogen-bond acceptors (Lipinski definition) is 6. The van der Waals surface area contributed by atoms with Crippen molar-refractivity contribution >= 4 is 72.4 Å². The van der Waals surface area contributed by atoms with Gasteiger partial charge in [0, 0.05) is 22.8 Å². The van der Waals surface area contributed by atoms with Crippen molar-refractivity contribution in [2.24, 2.45) is 7.05 Å². The minimum atomic E-state index is -0.289. The molecule has 5 aromatic rings. The van der Waals surface area contributed by atoms with Crippen molar-refractivity contribution in [3.8, 4) is 5.69 Å². The summed E-state index contributed by atoms with van der Waals surface area (Å²) >= 11 is 6.11. The number of aromatic nitrogens is 3. The van der Waals surface area contributed by atoms with Crippen molar-refractivity contribution in [1.82, 2.24) is 14.3 Å². The van der Waals surface area contributed by atoms with Crippen molar-refractivity contribution in [3.05, 3.63) is 98.9 Å². The zero-order valence-electron chi connectivity index (χ0n) is 20.4. The van der Waals surface area contributed by atoms with Crippen LogP contribution in [0.2, 0.25) is 0 Å². The molecule has 0 spiro atoms. The standard InChI is InChI=1S/C27H22BrN5O3S2/c1-16-24(26(36)33(32(16)2)20-6-4-3-5-7-20)31-23(34)15-37-27-30-21-13-12-19(14-22(21)38-27)29-25(35)17-8-10-18(28)11-9-17/h3-14H,15H2,1-2H3,(H,29,35)(H,31,34). The van der Waals surface area contributed by atoms with Crippen LogP contribution >= 0.6 is 39.0 Å². The first kappa shape index (κ1) is 26.0. The lowest BCUT2D eigenvalue weighted by molar-refractivity contribution is -0.113. The SMILES string of the molecule is Cc1c(NC(=O)CSc2nc3ccc(NC(=O)c4ccc(Br)cc4)cc3s2)c(=O)n(-c2ccccc2)n1C. The van der Waals surface area contributed by atoms with E-state index >= 15 is 0 Å². The van der Waals surface area contributed by atoms with E-state index in [9.17, 15) is 14.4 Å². The maximum absolute atomic E-state index is 13.0. The van der Waals surface area contributed by atoms with Crippen molar-refractivity contribution in [3.63, 3.8) is 0 Å². The average molecular weight is 609 g/mol. The summed E-state index contributed by atoms with van der Waals surface area (Å²) in [5.74, 6) is -0.385. The Morgan fingerprint density at radius 1 is 1.03 bits per heavy atom. The van der Waals surface area contributed by atoms with E-state index in [0.717, 1.165) is 24.7 Å². The summed E-state index contributed by atoms with van der Waals surface area (Å²) in [6.07, 6.45) is 0. The third kappa shape index (κ3) is 5.45. The maximum atomic E-state index is 13.0. The van der Waals surface area contributed by atoms with E-state index in [-0.39, 0.29) is 28.8 Å². The summed E-state index contributed by atoms with van der Waals surface area (Å²) in [5.41, 5.74) is 3.37. The third-order valence-corrected chi connectivity index (χ3v) is 8.57. The predicted molar refractivity (Wildman–Crippen MR) is 157 cm³/mol. The Labute approximate surface area is 234 Å². The summed E-state index contributed by atoms with van der Waals surface area (Å²) in [6.45, 7) is 1.80. The van der Waals surface area contributed by atoms with E-state index in [1.54, 1.807) is 36.9 Å². The van der Waals surface area contributed by atoms with Crippen molar-refractivity contribution < 1.29 is 9.59 Å². The summed E-state index contributed by atoms with van der Waals surface area (Å²) in [4.78, 5) is 42.9. The first-order valence-corrected chi connectivity index (χ1v) is 14.1. The molecule has 0 atom stereocenters. The highest BCUT2D eigenvalue weighted by molar-refractivity contribution is 9.10. The fourth-order valence-corrected chi connectivity index (χ4v) is 6.03. The molecule has 8 nitrogen and oxygen atoms in total. The molecule has 2 aromatic heterocycles. The van der Waals surface area contributed by atoms with E-state index in [4.69, 9.17) is 0 Å². The Balaban J connectivity index is 1.24. The average Bonchev–Trinajstić information content (AvgIpc) is 3.41. The molecule has 3 aromatic carbocycles. The van der Waals surface area contributed by atoms with Gasteiger partial charge >= 0.3 is 0 Å². The molecule has 38 heavy (non-hydrogen) atoms. The van der Waals surface area contributed by atoms with Gasteiger partial charge in [-0.1, -0.05) is 45.9 Å². The zero-order chi connectivity index (χ0) is 26.8. The van der Waals surface area contributed by atoms with Crippen LogP contribution in [0.15, 0.2) is 86.4 Å². The molecular formula is C27H22BrN5O3S2. The lowest BCUT2D eigenvalue weighted by atomic mass is 10.2. The molecule has 0 aliphatic heterocycles. The van der Waals surface area contributed by atoms with Crippen LogP contribution in [0.5, 0.6) is 0 Å². The van der Waals surface area contributed by atoms with Gasteiger partial charge in [-0.15, -0.1) is 11.3 Å². The van der Waals surface area contributed by atoms with Crippen LogP contribution in [-0.4, -0.2) is 31.9 Å². The topological polar surface area (TPSA) is 98.0 Å². The molecule has 0 aliphatic rings. The van der Waals surface area contributed by atoms with Gasteiger partial charge in [0.2, 0.25) is 5.91 Å². The number of nitrogens with one attached hydrogen (secondary N) is 2. The number of hydrogen-bond donors (Lipinski definition) is 2. The molecule has 5 rings (SSSR count). The molecule has 0 aliphatic carbocycles. The summed E-state index contributed by atoms with van der Waals surface area (Å²) in [5, 5.41) is 5.68. The van der Waals surface area contributed by atoms with Gasteiger partial charge in [0.15, 0.2) is 4.34 Å². The molecule has 0 radical (unpaired) electrons. The predicted octanol–water partition coefficient (Wildman–Crippen LogP) is 5.84. The van der Waals surface area contributed by atoms with Gasteiger partial charge in [0.25, 0.3) is 11.5 Å². The van der Waals surface area contributed by atoms with Gasteiger partial charge in [-0.3, -0.25) is 19.1 Å². The molecule has 2 heterocycles. The Hall–Kier alpha value is -3.67. The van der Waals surface area contributed by atoms with Crippen molar-refractivity contribution in [2.75, 3.05) is 16.4 Å². The molecule has 0 unspecified atom stereocenters. The highest BCUT2D eigenvalue weighted by Crippen LogP contribution is 2.31. The van der Waals surface area contributed by atoms with E-state index in [2.05, 4.69) is 31.5 Å². The van der Waals surface area contributed by atoms with E-state index in [1.807, 2.05) is 54.6 Å². The molecule has 2 amide bonds. The number of carbonyl (C=O) groups is 2. The fourth-order valence-electron chi connectivity index (χ4n) is 3.86. The van der Waals surface area contributed by atoms with Crippen LogP contribution in [0.3, 0.4) is 0 Å². The van der Waals surface area contributed by atoms with Crippen LogP contribution in [0.1, 0.15) is 16.1 Å². The number of carbonyl (C=O) groups excluding carboxylic acids is 2. The molecule has 0 fully saturated rings. The lowest BCUT2D eigenvalue weighted by Crippen LogP contribution is -2.23.